The number of nitrogens with zero attached hydrogens (tertiary/aromatic N) is 1. The van der Waals surface area contributed by atoms with Gasteiger partial charge in [-0.25, -0.2) is 0 Å². The van der Waals surface area contributed by atoms with Gasteiger partial charge in [-0.2, -0.15) is 13.2 Å². The highest BCUT2D eigenvalue weighted by atomic mass is 19.4. The lowest BCUT2D eigenvalue weighted by molar-refractivity contribution is -0.138. The number of rotatable bonds is 0. The van der Waals surface area contributed by atoms with Gasteiger partial charge in [0, 0.05) is 12.3 Å². The van der Waals surface area contributed by atoms with Gasteiger partial charge in [0.2, 0.25) is 0 Å². The minimum absolute atomic E-state index is 0.507. The zero-order valence-electron chi connectivity index (χ0n) is 5.22. The highest BCUT2D eigenvalue weighted by molar-refractivity contribution is 5.23. The Kier molecular flexibility index (Phi) is 1.72. The first-order valence-electron chi connectivity index (χ1n) is 2.69. The molecule has 0 fully saturated rings. The second-order valence-electron chi connectivity index (χ2n) is 1.91. The van der Waals surface area contributed by atoms with E-state index in [4.69, 9.17) is 0 Å². The number of halogens is 3. The van der Waals surface area contributed by atoms with Crippen molar-refractivity contribution in [1.82, 2.24) is 4.98 Å². The predicted octanol–water partition coefficient (Wildman–Crippen LogP) is 2.24. The van der Waals surface area contributed by atoms with Crippen molar-refractivity contribution >= 4 is 0 Å². The van der Waals surface area contributed by atoms with E-state index < -0.39 is 17.5 Å². The van der Waals surface area contributed by atoms with Crippen LogP contribution in [0.3, 0.4) is 0 Å². The molecule has 0 aromatic carbocycles. The van der Waals surface area contributed by atoms with E-state index in [1.54, 1.807) is 0 Å². The van der Waals surface area contributed by atoms with Gasteiger partial charge >= 0.3 is 6.18 Å². The summed E-state index contributed by atoms with van der Waals surface area (Å²) in [5.41, 5.74) is -1.01. The second kappa shape index (κ2) is 2.41. The van der Waals surface area contributed by atoms with Crippen molar-refractivity contribution in [2.75, 3.05) is 0 Å². The summed E-state index contributed by atoms with van der Waals surface area (Å²) in [5, 5.41) is 10.4. The lowest BCUT2D eigenvalue weighted by Crippen LogP contribution is -2.04. The third kappa shape index (κ3) is 1.83. The van der Waals surface area contributed by atoms with Crippen LogP contribution in [0, 0.1) is 0 Å². The molecule has 5 heteroatoms. The van der Waals surface area contributed by atoms with Crippen LogP contribution in [0.15, 0.2) is 18.5 Å². The van der Waals surface area contributed by atoms with Gasteiger partial charge in [-0.3, -0.25) is 10.1 Å². The van der Waals surface area contributed by atoms with Crippen molar-refractivity contribution < 1.29 is 18.3 Å². The normalized spacial score (nSPS) is 11.5. The quantitative estimate of drug-likeness (QED) is 0.575. The van der Waals surface area contributed by atoms with Crippen molar-refractivity contribution in [3.8, 4) is 5.75 Å². The van der Waals surface area contributed by atoms with Crippen LogP contribution in [0.1, 0.15) is 5.56 Å². The van der Waals surface area contributed by atoms with E-state index in [0.717, 1.165) is 6.20 Å². The van der Waals surface area contributed by atoms with Gasteiger partial charge in [0.05, 0.1) is 11.8 Å². The van der Waals surface area contributed by atoms with Crippen LogP contribution < -0.4 is 0 Å². The highest BCUT2D eigenvalue weighted by Gasteiger charge is 2.31. The van der Waals surface area contributed by atoms with Gasteiger partial charge in [-0.05, 0) is 0 Å². The van der Waals surface area contributed by atoms with E-state index in [9.17, 15) is 18.3 Å². The molecule has 0 saturated heterocycles. The predicted molar refractivity (Wildman–Crippen MR) is 29.4 cm³/mol. The smallest absolute Gasteiger partial charge is 0.288 e. The van der Waals surface area contributed by atoms with Gasteiger partial charge in [0.25, 0.3) is 0 Å². The molecule has 0 saturated carbocycles. The molecule has 1 rings (SSSR count). The molecule has 2 nitrogen and oxygen atoms in total. The van der Waals surface area contributed by atoms with Crippen LogP contribution in [-0.2, 0) is 11.3 Å². The summed E-state index contributed by atoms with van der Waals surface area (Å²) in [5.74, 6) is -0.736. The number of pyridine rings is 1. The minimum Gasteiger partial charge on any atom is -0.288 e. The standard InChI is InChI=1S/C6H3F3NO/c7-6(8,9)4-1-5(11)3-10-2-4/h1-3H. The summed E-state index contributed by atoms with van der Waals surface area (Å²) in [7, 11) is 0. The summed E-state index contributed by atoms with van der Waals surface area (Å²) in [6.07, 6.45) is -3.04. The molecule has 0 unspecified atom stereocenters. The van der Waals surface area contributed by atoms with E-state index >= 15 is 0 Å². The molecule has 11 heavy (non-hydrogen) atoms. The first kappa shape index (κ1) is 7.84. The minimum atomic E-state index is -4.48. The number of hydrogen-bond donors (Lipinski definition) is 0. The number of aromatic nitrogens is 1. The summed E-state index contributed by atoms with van der Waals surface area (Å²) in [6.45, 7) is 0. The molecule has 1 heterocycles. The van der Waals surface area contributed by atoms with Crippen molar-refractivity contribution in [3.05, 3.63) is 24.0 Å². The van der Waals surface area contributed by atoms with E-state index in [-0.39, 0.29) is 0 Å². The number of alkyl halides is 3. The van der Waals surface area contributed by atoms with Crippen LogP contribution in [-0.4, -0.2) is 4.98 Å². The largest absolute Gasteiger partial charge is 0.418 e. The average Bonchev–Trinajstić information content (AvgIpc) is 1.86. The van der Waals surface area contributed by atoms with Gasteiger partial charge < -0.3 is 0 Å². The molecule has 1 aromatic rings. The van der Waals surface area contributed by atoms with Crippen LogP contribution in [0.2, 0.25) is 0 Å². The lowest BCUT2D eigenvalue weighted by Gasteiger charge is -2.03. The monoisotopic (exact) mass is 162 g/mol. The molecule has 1 radical (unpaired) electrons. The fraction of sp³-hybridized carbons (Fsp3) is 0.167. The molecule has 0 aliphatic rings. The third-order valence-electron chi connectivity index (χ3n) is 1.04. The Morgan fingerprint density at radius 2 is 1.91 bits per heavy atom. The van der Waals surface area contributed by atoms with Crippen LogP contribution in [0.4, 0.5) is 13.2 Å². The lowest BCUT2D eigenvalue weighted by atomic mass is 10.3. The Morgan fingerprint density at radius 3 is 2.27 bits per heavy atom. The average molecular weight is 162 g/mol. The fourth-order valence-electron chi connectivity index (χ4n) is 0.574. The molecule has 0 bridgehead atoms. The second-order valence-corrected chi connectivity index (χ2v) is 1.91. The maximum Gasteiger partial charge on any atom is 0.418 e. The van der Waals surface area contributed by atoms with Crippen molar-refractivity contribution in [2.45, 2.75) is 6.18 Å². The molecule has 0 atom stereocenters. The summed E-state index contributed by atoms with van der Waals surface area (Å²) in [4.78, 5) is 3.12. The van der Waals surface area contributed by atoms with Crippen molar-refractivity contribution in [1.29, 1.82) is 0 Å². The van der Waals surface area contributed by atoms with Crippen molar-refractivity contribution in [3.63, 3.8) is 0 Å². The van der Waals surface area contributed by atoms with Gasteiger partial charge in [0.15, 0.2) is 5.75 Å². The Labute approximate surface area is 60.3 Å². The maximum absolute atomic E-state index is 11.8. The molecule has 0 spiro atoms. The summed E-state index contributed by atoms with van der Waals surface area (Å²) >= 11 is 0. The van der Waals surface area contributed by atoms with Crippen LogP contribution >= 0.6 is 0 Å². The first-order valence-corrected chi connectivity index (χ1v) is 2.69. The summed E-state index contributed by atoms with van der Waals surface area (Å²) in [6, 6.07) is 0.507. The molecule has 59 valence electrons. The van der Waals surface area contributed by atoms with Crippen LogP contribution in [0.5, 0.6) is 5.75 Å². The molecule has 0 aliphatic carbocycles. The molecular formula is C6H3F3NO. The molecular weight excluding hydrogens is 159 g/mol. The third-order valence-corrected chi connectivity index (χ3v) is 1.04. The fourth-order valence-corrected chi connectivity index (χ4v) is 0.574. The maximum atomic E-state index is 11.8. The topological polar surface area (TPSA) is 32.8 Å². The molecule has 0 amide bonds. The van der Waals surface area contributed by atoms with Crippen LogP contribution in [0.25, 0.3) is 0 Å². The Morgan fingerprint density at radius 1 is 1.27 bits per heavy atom. The molecule has 1 aromatic heterocycles. The zero-order valence-corrected chi connectivity index (χ0v) is 5.22. The van der Waals surface area contributed by atoms with E-state index in [1.807, 2.05) is 0 Å². The van der Waals surface area contributed by atoms with E-state index in [1.165, 1.54) is 0 Å². The van der Waals surface area contributed by atoms with Gasteiger partial charge in [-0.1, -0.05) is 0 Å². The Balaban J connectivity index is 3.06. The SMILES string of the molecule is [O]c1cncc(C(F)(F)F)c1. The Hall–Kier alpha value is -1.26. The Bertz CT molecular complexity index is 258. The van der Waals surface area contributed by atoms with E-state index in [2.05, 4.69) is 4.98 Å². The zero-order chi connectivity index (χ0) is 8.48. The highest BCUT2D eigenvalue weighted by Crippen LogP contribution is 2.30. The number of hydrogen-bond acceptors (Lipinski definition) is 1. The first-order chi connectivity index (χ1) is 5.00. The van der Waals surface area contributed by atoms with E-state index in [0.29, 0.717) is 12.3 Å². The van der Waals surface area contributed by atoms with Gasteiger partial charge in [-0.15, -0.1) is 0 Å². The summed E-state index contributed by atoms with van der Waals surface area (Å²) < 4.78 is 35.4. The van der Waals surface area contributed by atoms with Crippen molar-refractivity contribution in [2.24, 2.45) is 0 Å². The van der Waals surface area contributed by atoms with Gasteiger partial charge in [0.1, 0.15) is 0 Å². The molecule has 0 aliphatic heterocycles. The molecule has 0 N–H and O–H groups in total.